The van der Waals surface area contributed by atoms with Gasteiger partial charge < -0.3 is 4.74 Å². The number of carbonyl (C=O) groups is 1. The van der Waals surface area contributed by atoms with Crippen LogP contribution in [0.1, 0.15) is 19.4 Å². The maximum Gasteiger partial charge on any atom is 0.330 e. The summed E-state index contributed by atoms with van der Waals surface area (Å²) in [6, 6.07) is 28.9. The van der Waals surface area contributed by atoms with Crippen LogP contribution in [0.4, 0.5) is 0 Å². The van der Waals surface area contributed by atoms with Gasteiger partial charge in [0.15, 0.2) is 0 Å². The van der Waals surface area contributed by atoms with Crippen molar-refractivity contribution in [3.8, 4) is 0 Å². The lowest BCUT2D eigenvalue weighted by Gasteiger charge is -2.21. The third-order valence-corrected chi connectivity index (χ3v) is 7.17. The molecule has 0 fully saturated rings. The fourth-order valence-electron chi connectivity index (χ4n) is 3.17. The van der Waals surface area contributed by atoms with Crippen LogP contribution in [0.2, 0.25) is 0 Å². The van der Waals surface area contributed by atoms with Crippen molar-refractivity contribution in [1.82, 2.24) is 0 Å². The molecule has 29 heavy (non-hydrogen) atoms. The van der Waals surface area contributed by atoms with Crippen molar-refractivity contribution >= 4 is 36.0 Å². The molecular formula is C25H26NO2P. The molecule has 3 aromatic carbocycles. The van der Waals surface area contributed by atoms with Crippen LogP contribution in [0.15, 0.2) is 89.9 Å². The van der Waals surface area contributed by atoms with Crippen LogP contribution in [0.3, 0.4) is 0 Å². The fourth-order valence-corrected chi connectivity index (χ4v) is 5.59. The van der Waals surface area contributed by atoms with Gasteiger partial charge in [-0.25, -0.2) is 4.79 Å². The first-order valence-corrected chi connectivity index (χ1v) is 11.1. The van der Waals surface area contributed by atoms with E-state index in [0.717, 1.165) is 5.56 Å². The summed E-state index contributed by atoms with van der Waals surface area (Å²) in [6.07, 6.45) is 1.83. The van der Waals surface area contributed by atoms with E-state index in [-0.39, 0.29) is 11.9 Å². The second-order valence-corrected chi connectivity index (χ2v) is 9.24. The van der Waals surface area contributed by atoms with Crippen LogP contribution < -0.4 is 15.9 Å². The van der Waals surface area contributed by atoms with Gasteiger partial charge in [-0.05, 0) is 29.8 Å². The molecule has 3 nitrogen and oxygen atoms in total. The lowest BCUT2D eigenvalue weighted by molar-refractivity contribution is -0.143. The van der Waals surface area contributed by atoms with Crippen LogP contribution in [0.25, 0.3) is 0 Å². The Kier molecular flexibility index (Phi) is 7.32. The lowest BCUT2D eigenvalue weighted by atomic mass is 10.1. The minimum Gasteiger partial charge on any atom is -0.467 e. The minimum absolute atomic E-state index is 0.0654. The van der Waals surface area contributed by atoms with E-state index >= 15 is 0 Å². The van der Waals surface area contributed by atoms with Crippen molar-refractivity contribution < 1.29 is 9.53 Å². The van der Waals surface area contributed by atoms with Gasteiger partial charge in [0.05, 0.1) is 7.11 Å². The first-order valence-electron chi connectivity index (χ1n) is 9.72. The predicted molar refractivity (Wildman–Crippen MR) is 123 cm³/mol. The summed E-state index contributed by atoms with van der Waals surface area (Å²) in [4.78, 5) is 16.7. The van der Waals surface area contributed by atoms with E-state index in [1.54, 1.807) is 0 Å². The minimum atomic E-state index is -0.739. The molecule has 0 N–H and O–H groups in total. The van der Waals surface area contributed by atoms with Gasteiger partial charge in [0.1, 0.15) is 6.04 Å². The molecule has 0 heterocycles. The van der Waals surface area contributed by atoms with E-state index in [2.05, 4.69) is 71.7 Å². The Bertz CT molecular complexity index is 915. The molecule has 3 aromatic rings. The first kappa shape index (κ1) is 21.0. The second-order valence-electron chi connectivity index (χ2n) is 7.06. The van der Waals surface area contributed by atoms with E-state index in [4.69, 9.17) is 4.74 Å². The summed E-state index contributed by atoms with van der Waals surface area (Å²) in [6.45, 7) is 3.96. The molecule has 0 unspecified atom stereocenters. The number of esters is 1. The van der Waals surface area contributed by atoms with E-state index < -0.39 is 14.0 Å². The van der Waals surface area contributed by atoms with Crippen LogP contribution in [0.5, 0.6) is 0 Å². The summed E-state index contributed by atoms with van der Waals surface area (Å²) < 4.78 is 4.93. The van der Waals surface area contributed by atoms with Crippen molar-refractivity contribution in [3.05, 3.63) is 90.5 Å². The number of nitrogens with zero attached hydrogens (tertiary/aromatic N) is 1. The van der Waals surface area contributed by atoms with Gasteiger partial charge in [0.2, 0.25) is 0 Å². The number of hydrogen-bond donors (Lipinski definition) is 0. The highest BCUT2D eigenvalue weighted by atomic mass is 31.1. The largest absolute Gasteiger partial charge is 0.467 e. The molecule has 0 aromatic heterocycles. The number of rotatable bonds is 7. The van der Waals surface area contributed by atoms with Crippen LogP contribution in [-0.2, 0) is 9.53 Å². The Balaban J connectivity index is 2.07. The third-order valence-electron chi connectivity index (χ3n) is 4.65. The number of methoxy groups -OCH3 is 1. The van der Waals surface area contributed by atoms with Crippen LogP contribution >= 0.6 is 7.92 Å². The van der Waals surface area contributed by atoms with E-state index in [1.807, 2.05) is 38.3 Å². The quantitative estimate of drug-likeness (QED) is 0.339. The SMILES string of the molecule is COC(=O)[C@@H](/N=C/c1ccccc1P(c1ccccc1)c1ccccc1)C(C)C. The predicted octanol–water partition coefficient (Wildman–Crippen LogP) is 4.06. The zero-order valence-corrected chi connectivity index (χ0v) is 17.9. The van der Waals surface area contributed by atoms with Crippen molar-refractivity contribution in [2.75, 3.05) is 7.11 Å². The Morgan fingerprint density at radius 3 is 1.90 bits per heavy atom. The van der Waals surface area contributed by atoms with Gasteiger partial charge >= 0.3 is 5.97 Å². The molecule has 3 rings (SSSR count). The maximum atomic E-state index is 12.1. The van der Waals surface area contributed by atoms with E-state index in [0.29, 0.717) is 0 Å². The van der Waals surface area contributed by atoms with Crippen LogP contribution in [0, 0.1) is 5.92 Å². The maximum absolute atomic E-state index is 12.1. The lowest BCUT2D eigenvalue weighted by Crippen LogP contribution is -2.27. The van der Waals surface area contributed by atoms with E-state index in [1.165, 1.54) is 23.0 Å². The highest BCUT2D eigenvalue weighted by Gasteiger charge is 2.22. The Morgan fingerprint density at radius 1 is 0.862 bits per heavy atom. The monoisotopic (exact) mass is 403 g/mol. The van der Waals surface area contributed by atoms with Crippen molar-refractivity contribution in [2.24, 2.45) is 10.9 Å². The molecule has 0 saturated carbocycles. The summed E-state index contributed by atoms with van der Waals surface area (Å²) in [5.41, 5.74) is 1.03. The zero-order valence-electron chi connectivity index (χ0n) is 17.0. The number of benzene rings is 3. The first-order chi connectivity index (χ1) is 14.1. The van der Waals surface area contributed by atoms with Gasteiger partial charge in [-0.3, -0.25) is 4.99 Å². The van der Waals surface area contributed by atoms with Crippen molar-refractivity contribution in [3.63, 3.8) is 0 Å². The highest BCUT2D eigenvalue weighted by molar-refractivity contribution is 7.80. The number of ether oxygens (including phenoxy) is 1. The number of hydrogen-bond acceptors (Lipinski definition) is 3. The Hall–Kier alpha value is -2.77. The van der Waals surface area contributed by atoms with Crippen molar-refractivity contribution in [2.45, 2.75) is 19.9 Å². The number of carbonyl (C=O) groups excluding carboxylic acids is 1. The summed E-state index contributed by atoms with van der Waals surface area (Å²) in [5, 5.41) is 3.78. The highest BCUT2D eigenvalue weighted by Crippen LogP contribution is 2.33. The van der Waals surface area contributed by atoms with E-state index in [9.17, 15) is 4.79 Å². The molecule has 0 amide bonds. The molecule has 0 spiro atoms. The molecule has 0 saturated heterocycles. The average Bonchev–Trinajstić information content (AvgIpc) is 2.76. The molecule has 4 heteroatoms. The molecule has 1 atom stereocenters. The van der Waals surface area contributed by atoms with Gasteiger partial charge in [-0.15, -0.1) is 0 Å². The molecule has 0 aliphatic rings. The van der Waals surface area contributed by atoms with Gasteiger partial charge in [-0.1, -0.05) is 98.8 Å². The Labute approximate surface area is 174 Å². The zero-order chi connectivity index (χ0) is 20.6. The summed E-state index contributed by atoms with van der Waals surface area (Å²) in [7, 11) is 0.669. The molecule has 0 bridgehead atoms. The number of aliphatic imine (C=N–C) groups is 1. The summed E-state index contributed by atoms with van der Waals surface area (Å²) in [5.74, 6) is -0.238. The molecular weight excluding hydrogens is 377 g/mol. The standard InChI is InChI=1S/C25H26NO2P/c1-19(2)24(25(27)28-3)26-18-20-12-10-11-17-23(20)29(21-13-6-4-7-14-21)22-15-8-5-9-16-22/h4-19,24H,1-3H3/b26-18+/t24-/m0/s1. The Morgan fingerprint density at radius 2 is 1.38 bits per heavy atom. The van der Waals surface area contributed by atoms with Gasteiger partial charge in [0.25, 0.3) is 0 Å². The van der Waals surface area contributed by atoms with Gasteiger partial charge in [-0.2, -0.15) is 0 Å². The third kappa shape index (κ3) is 5.19. The topological polar surface area (TPSA) is 38.7 Å². The smallest absolute Gasteiger partial charge is 0.330 e. The van der Waals surface area contributed by atoms with Gasteiger partial charge in [0, 0.05) is 11.8 Å². The average molecular weight is 403 g/mol. The molecule has 0 aliphatic heterocycles. The molecule has 148 valence electrons. The summed E-state index contributed by atoms with van der Waals surface area (Å²) >= 11 is 0. The fraction of sp³-hybridized carbons (Fsp3) is 0.200. The van der Waals surface area contributed by atoms with Crippen LogP contribution in [-0.4, -0.2) is 25.3 Å². The molecule has 0 radical (unpaired) electrons. The normalized spacial score (nSPS) is 12.4. The molecule has 0 aliphatic carbocycles. The van der Waals surface area contributed by atoms with Crippen molar-refractivity contribution in [1.29, 1.82) is 0 Å². The second kappa shape index (κ2) is 10.1.